The molecule has 0 heterocycles. The summed E-state index contributed by atoms with van der Waals surface area (Å²) in [6.07, 6.45) is 6.11. The summed E-state index contributed by atoms with van der Waals surface area (Å²) < 4.78 is 0. The van der Waals surface area contributed by atoms with E-state index in [2.05, 4.69) is 26.1 Å². The molecule has 100 valence electrons. The molecule has 0 aromatic heterocycles. The van der Waals surface area contributed by atoms with E-state index >= 15 is 0 Å². The SMILES string of the molecule is CCCCCCP(O)(O)(S)CCCCCC. The average molecular weight is 268 g/mol. The molecular formula is C12H29O2PS. The molecule has 0 aliphatic heterocycles. The van der Waals surface area contributed by atoms with E-state index in [0.29, 0.717) is 12.3 Å². The van der Waals surface area contributed by atoms with Gasteiger partial charge in [0.05, 0.1) is 0 Å². The Labute approximate surface area is 106 Å². The zero-order valence-corrected chi connectivity index (χ0v) is 12.6. The second-order valence-corrected chi connectivity index (χ2v) is 11.3. The van der Waals surface area contributed by atoms with Crippen LogP contribution in [0.3, 0.4) is 0 Å². The molecule has 0 amide bonds. The summed E-state index contributed by atoms with van der Waals surface area (Å²) >= 11 is 4.19. The van der Waals surface area contributed by atoms with Gasteiger partial charge in [-0.1, -0.05) is 0 Å². The van der Waals surface area contributed by atoms with Gasteiger partial charge < -0.3 is 0 Å². The molecule has 0 atom stereocenters. The molecule has 4 heteroatoms. The van der Waals surface area contributed by atoms with Crippen LogP contribution in [0.4, 0.5) is 0 Å². The molecule has 0 rings (SSSR count). The summed E-state index contributed by atoms with van der Waals surface area (Å²) in [6.45, 7) is 4.31. The number of unbranched alkanes of at least 4 members (excludes halogenated alkanes) is 6. The Morgan fingerprint density at radius 1 is 0.750 bits per heavy atom. The second kappa shape index (κ2) is 7.92. The summed E-state index contributed by atoms with van der Waals surface area (Å²) in [7, 11) is 0. The van der Waals surface area contributed by atoms with Gasteiger partial charge >= 0.3 is 106 Å². The van der Waals surface area contributed by atoms with E-state index < -0.39 is 6.26 Å². The summed E-state index contributed by atoms with van der Waals surface area (Å²) in [5, 5.41) is 0. The Bertz CT molecular complexity index is 162. The average Bonchev–Trinajstić information content (AvgIpc) is 2.19. The third-order valence-electron chi connectivity index (χ3n) is 2.94. The van der Waals surface area contributed by atoms with Crippen molar-refractivity contribution in [2.75, 3.05) is 12.3 Å². The van der Waals surface area contributed by atoms with Crippen LogP contribution in [-0.2, 0) is 0 Å². The van der Waals surface area contributed by atoms with Crippen LogP contribution in [0.15, 0.2) is 0 Å². The van der Waals surface area contributed by atoms with Gasteiger partial charge in [0.15, 0.2) is 0 Å². The molecule has 0 aromatic rings. The topological polar surface area (TPSA) is 40.5 Å². The molecule has 0 aliphatic carbocycles. The summed E-state index contributed by atoms with van der Waals surface area (Å²) in [4.78, 5) is 20.3. The maximum absolute atomic E-state index is 10.1. The molecule has 0 fully saturated rings. The number of rotatable bonds is 10. The minimum absolute atomic E-state index is 0.501. The summed E-state index contributed by atoms with van der Waals surface area (Å²) in [6, 6.07) is 0. The van der Waals surface area contributed by atoms with Crippen LogP contribution in [0.5, 0.6) is 0 Å². The van der Waals surface area contributed by atoms with E-state index in [4.69, 9.17) is 0 Å². The van der Waals surface area contributed by atoms with Gasteiger partial charge in [-0.25, -0.2) is 0 Å². The van der Waals surface area contributed by atoms with Crippen molar-refractivity contribution >= 4 is 18.5 Å². The van der Waals surface area contributed by atoms with Crippen LogP contribution in [0, 0.1) is 0 Å². The van der Waals surface area contributed by atoms with Crippen LogP contribution in [-0.4, -0.2) is 22.1 Å². The second-order valence-electron chi connectivity index (χ2n) is 4.91. The standard InChI is InChI=1S/C12H29O2PS/c1-3-5-7-9-11-15(13,14,16)12-10-8-6-4-2/h13-14,16H,3-12H2,1-2H3. The van der Waals surface area contributed by atoms with E-state index in [1.807, 2.05) is 0 Å². The third-order valence-corrected chi connectivity index (χ3v) is 6.60. The van der Waals surface area contributed by atoms with Gasteiger partial charge in [-0.3, -0.25) is 0 Å². The fourth-order valence-corrected chi connectivity index (χ4v) is 4.65. The summed E-state index contributed by atoms with van der Waals surface area (Å²) in [5.74, 6) is 0. The quantitative estimate of drug-likeness (QED) is 0.313. The van der Waals surface area contributed by atoms with Crippen molar-refractivity contribution < 1.29 is 9.79 Å². The van der Waals surface area contributed by atoms with Crippen LogP contribution in [0.2, 0.25) is 0 Å². The fraction of sp³-hybridized carbons (Fsp3) is 1.00. The van der Waals surface area contributed by atoms with Crippen LogP contribution >= 0.6 is 18.5 Å². The first kappa shape index (κ1) is 16.7. The first-order valence-electron chi connectivity index (χ1n) is 6.65. The molecule has 0 saturated carbocycles. The van der Waals surface area contributed by atoms with E-state index in [9.17, 15) is 9.79 Å². The van der Waals surface area contributed by atoms with E-state index in [1.165, 1.54) is 25.7 Å². The third kappa shape index (κ3) is 9.89. The van der Waals surface area contributed by atoms with Gasteiger partial charge in [0.25, 0.3) is 0 Å². The van der Waals surface area contributed by atoms with E-state index in [1.54, 1.807) is 0 Å². The normalized spacial score (nSPS) is 14.7. The van der Waals surface area contributed by atoms with Crippen LogP contribution in [0.1, 0.15) is 65.2 Å². The molecule has 2 nitrogen and oxygen atoms in total. The van der Waals surface area contributed by atoms with Crippen LogP contribution < -0.4 is 0 Å². The van der Waals surface area contributed by atoms with Crippen molar-refractivity contribution in [1.82, 2.24) is 0 Å². The van der Waals surface area contributed by atoms with Crippen molar-refractivity contribution in [2.24, 2.45) is 0 Å². The van der Waals surface area contributed by atoms with Gasteiger partial charge in [-0.2, -0.15) is 0 Å². The Balaban J connectivity index is 3.75. The van der Waals surface area contributed by atoms with E-state index in [0.717, 1.165) is 25.7 Å². The Kier molecular flexibility index (Phi) is 8.26. The van der Waals surface area contributed by atoms with Crippen molar-refractivity contribution in [1.29, 1.82) is 0 Å². The fourth-order valence-electron chi connectivity index (χ4n) is 1.84. The Hall–Kier alpha value is 0.700. The van der Waals surface area contributed by atoms with Crippen molar-refractivity contribution in [3.05, 3.63) is 0 Å². The van der Waals surface area contributed by atoms with Gasteiger partial charge in [0.1, 0.15) is 0 Å². The van der Waals surface area contributed by atoms with Gasteiger partial charge in [-0.15, -0.1) is 0 Å². The van der Waals surface area contributed by atoms with E-state index in [-0.39, 0.29) is 0 Å². The van der Waals surface area contributed by atoms with Gasteiger partial charge in [-0.05, 0) is 0 Å². The molecule has 0 saturated heterocycles. The molecular weight excluding hydrogens is 239 g/mol. The first-order chi connectivity index (χ1) is 7.39. The van der Waals surface area contributed by atoms with Gasteiger partial charge in [0.2, 0.25) is 0 Å². The molecule has 0 aliphatic rings. The predicted molar refractivity (Wildman–Crippen MR) is 78.4 cm³/mol. The molecule has 0 unspecified atom stereocenters. The minimum atomic E-state index is -3.57. The zero-order valence-electron chi connectivity index (χ0n) is 10.9. The predicted octanol–water partition coefficient (Wildman–Crippen LogP) is 4.36. The van der Waals surface area contributed by atoms with Crippen LogP contribution in [0.25, 0.3) is 0 Å². The van der Waals surface area contributed by atoms with Crippen molar-refractivity contribution in [3.8, 4) is 0 Å². The summed E-state index contributed by atoms with van der Waals surface area (Å²) in [5.41, 5.74) is 0. The molecule has 0 bridgehead atoms. The molecule has 2 N–H and O–H groups in total. The molecule has 0 aromatic carbocycles. The first-order valence-corrected chi connectivity index (χ1v) is 10.3. The molecule has 0 radical (unpaired) electrons. The number of hydrogen-bond donors (Lipinski definition) is 3. The Morgan fingerprint density at radius 2 is 1.12 bits per heavy atom. The Morgan fingerprint density at radius 3 is 1.44 bits per heavy atom. The maximum atomic E-state index is 10.1. The molecule has 0 spiro atoms. The number of thiol groups is 1. The van der Waals surface area contributed by atoms with Gasteiger partial charge in [0, 0.05) is 0 Å². The van der Waals surface area contributed by atoms with Crippen molar-refractivity contribution in [2.45, 2.75) is 65.2 Å². The monoisotopic (exact) mass is 268 g/mol. The zero-order chi connectivity index (χ0) is 12.5. The number of hydrogen-bond acceptors (Lipinski definition) is 3. The van der Waals surface area contributed by atoms with Crippen molar-refractivity contribution in [3.63, 3.8) is 0 Å². The molecule has 16 heavy (non-hydrogen) atoms.